The Labute approximate surface area is 236 Å². The number of fused-ring (bicyclic) bond motifs is 3. The lowest BCUT2D eigenvalue weighted by Crippen LogP contribution is -2.19. The maximum absolute atomic E-state index is 12.9. The highest BCUT2D eigenvalue weighted by Gasteiger charge is 2.22. The molecule has 1 aliphatic rings. The van der Waals surface area contributed by atoms with Crippen LogP contribution in [0.1, 0.15) is 30.9 Å². The van der Waals surface area contributed by atoms with E-state index >= 15 is 0 Å². The molecule has 0 unspecified atom stereocenters. The van der Waals surface area contributed by atoms with E-state index in [9.17, 15) is 4.79 Å². The van der Waals surface area contributed by atoms with Gasteiger partial charge in [-0.05, 0) is 53.9 Å². The molecule has 1 aliphatic heterocycles. The van der Waals surface area contributed by atoms with Gasteiger partial charge < -0.3 is 25.7 Å². The number of imidazole rings is 1. The molecule has 0 fully saturated rings. The number of ether oxygens (including phenoxy) is 1. The molecule has 10 heteroatoms. The van der Waals surface area contributed by atoms with Crippen molar-refractivity contribution in [3.05, 3.63) is 88.3 Å². The minimum Gasteiger partial charge on any atom is -0.463 e. The number of rotatable bonds is 9. The average molecular weight is 554 g/mol. The van der Waals surface area contributed by atoms with E-state index < -0.39 is 0 Å². The third-order valence-corrected chi connectivity index (χ3v) is 8.06. The molecule has 6 rings (SSSR count). The highest BCUT2D eigenvalue weighted by atomic mass is 32.2. The summed E-state index contributed by atoms with van der Waals surface area (Å²) in [6, 6.07) is 23.3. The Hall–Kier alpha value is -4.44. The second-order valence-corrected chi connectivity index (χ2v) is 10.9. The van der Waals surface area contributed by atoms with Crippen molar-refractivity contribution >= 4 is 45.8 Å². The fraction of sp³-hybridized carbons (Fsp3) is 0.233. The van der Waals surface area contributed by atoms with Gasteiger partial charge >= 0.3 is 11.7 Å². The molecule has 0 bridgehead atoms. The zero-order valence-corrected chi connectivity index (χ0v) is 23.3. The van der Waals surface area contributed by atoms with Crippen LogP contribution in [0, 0.1) is 0 Å². The van der Waals surface area contributed by atoms with Gasteiger partial charge in [-0.1, -0.05) is 55.4 Å². The van der Waals surface area contributed by atoms with Crippen LogP contribution in [-0.4, -0.2) is 33.2 Å². The van der Waals surface area contributed by atoms with Crippen molar-refractivity contribution in [2.45, 2.75) is 42.6 Å². The third kappa shape index (κ3) is 5.10. The van der Waals surface area contributed by atoms with Gasteiger partial charge in [0.2, 0.25) is 0 Å². The summed E-state index contributed by atoms with van der Waals surface area (Å²) in [6.07, 6.45) is 1.88. The molecule has 40 heavy (non-hydrogen) atoms. The summed E-state index contributed by atoms with van der Waals surface area (Å²) in [5.74, 6) is 0.198. The number of aromatic amines is 1. The Morgan fingerprint density at radius 1 is 1.00 bits per heavy atom. The van der Waals surface area contributed by atoms with Crippen LogP contribution in [0.5, 0.6) is 6.01 Å². The number of para-hydroxylation sites is 1. The maximum atomic E-state index is 12.9. The number of H-pyrrole nitrogens is 1. The summed E-state index contributed by atoms with van der Waals surface area (Å²) in [7, 11) is 2.09. The predicted octanol–water partition coefficient (Wildman–Crippen LogP) is 5.77. The molecule has 0 amide bonds. The molecule has 5 aromatic rings. The second kappa shape index (κ2) is 11.0. The predicted molar refractivity (Wildman–Crippen MR) is 161 cm³/mol. The lowest BCUT2D eigenvalue weighted by atomic mass is 10.1. The van der Waals surface area contributed by atoms with E-state index in [2.05, 4.69) is 81.6 Å². The fourth-order valence-corrected chi connectivity index (χ4v) is 6.06. The van der Waals surface area contributed by atoms with E-state index in [-0.39, 0.29) is 17.5 Å². The molecule has 0 atom stereocenters. The molecular formula is C30H31N7O2S. The molecule has 2 aromatic heterocycles. The van der Waals surface area contributed by atoms with Crippen molar-refractivity contribution in [1.82, 2.24) is 19.5 Å². The summed E-state index contributed by atoms with van der Waals surface area (Å²) in [6.45, 7) is 3.67. The van der Waals surface area contributed by atoms with E-state index in [0.29, 0.717) is 24.3 Å². The Morgan fingerprint density at radius 3 is 2.48 bits per heavy atom. The Morgan fingerprint density at radius 2 is 1.73 bits per heavy atom. The molecule has 0 saturated carbocycles. The van der Waals surface area contributed by atoms with Gasteiger partial charge in [-0.25, -0.2) is 4.79 Å². The molecule has 4 N–H and O–H groups in total. The van der Waals surface area contributed by atoms with E-state index in [4.69, 9.17) is 10.5 Å². The van der Waals surface area contributed by atoms with Gasteiger partial charge in [0, 0.05) is 29.1 Å². The van der Waals surface area contributed by atoms with Crippen LogP contribution < -0.4 is 26.4 Å². The van der Waals surface area contributed by atoms with Crippen molar-refractivity contribution in [2.24, 2.45) is 0 Å². The van der Waals surface area contributed by atoms with Crippen LogP contribution in [0.4, 0.5) is 22.9 Å². The van der Waals surface area contributed by atoms with Crippen LogP contribution in [0.15, 0.2) is 81.3 Å². The minimum atomic E-state index is -0.287. The molecular weight excluding hydrogens is 522 g/mol. The summed E-state index contributed by atoms with van der Waals surface area (Å²) < 4.78 is 7.26. The van der Waals surface area contributed by atoms with E-state index in [0.717, 1.165) is 41.2 Å². The van der Waals surface area contributed by atoms with Gasteiger partial charge in [-0.15, -0.1) is 0 Å². The topological polar surface area (TPSA) is 114 Å². The van der Waals surface area contributed by atoms with Crippen LogP contribution >= 0.6 is 11.8 Å². The summed E-state index contributed by atoms with van der Waals surface area (Å²) in [4.78, 5) is 28.9. The molecule has 0 spiro atoms. The first-order valence-electron chi connectivity index (χ1n) is 13.4. The first-order valence-corrected chi connectivity index (χ1v) is 14.2. The highest BCUT2D eigenvalue weighted by Crippen LogP contribution is 2.48. The van der Waals surface area contributed by atoms with Crippen molar-refractivity contribution in [3.63, 3.8) is 0 Å². The van der Waals surface area contributed by atoms with Gasteiger partial charge in [0.05, 0.1) is 24.5 Å². The van der Waals surface area contributed by atoms with Crippen molar-refractivity contribution in [1.29, 1.82) is 0 Å². The molecule has 3 heterocycles. The zero-order valence-electron chi connectivity index (χ0n) is 22.5. The number of benzene rings is 3. The normalized spacial score (nSPS) is 12.3. The van der Waals surface area contributed by atoms with Gasteiger partial charge in [-0.3, -0.25) is 4.57 Å². The quantitative estimate of drug-likeness (QED) is 0.197. The molecule has 204 valence electrons. The van der Waals surface area contributed by atoms with Crippen LogP contribution in [0.3, 0.4) is 0 Å². The summed E-state index contributed by atoms with van der Waals surface area (Å²) in [5.41, 5.74) is 12.3. The van der Waals surface area contributed by atoms with Crippen LogP contribution in [0.25, 0.3) is 11.2 Å². The van der Waals surface area contributed by atoms with Crippen molar-refractivity contribution in [3.8, 4) is 6.01 Å². The van der Waals surface area contributed by atoms with Gasteiger partial charge in [0.25, 0.3) is 0 Å². The van der Waals surface area contributed by atoms with Crippen LogP contribution in [0.2, 0.25) is 0 Å². The third-order valence-electron chi connectivity index (χ3n) is 6.96. The number of nitrogens with two attached hydrogens (primary N) is 1. The number of anilines is 4. The second-order valence-electron chi connectivity index (χ2n) is 9.79. The first-order chi connectivity index (χ1) is 19.5. The number of nitrogens with zero attached hydrogens (tertiary/aromatic N) is 4. The molecule has 3 aromatic carbocycles. The number of nitrogen functional groups attached to an aromatic ring is 1. The Bertz CT molecular complexity index is 1730. The summed E-state index contributed by atoms with van der Waals surface area (Å²) >= 11 is 1.74. The standard InChI is InChI=1S/C30H31N7O2S/c1-3-4-14-39-29-34-27(31)26-28(35-29)37(30(38)33-26)18-20-11-13-23-25(16-20)40-24-15-19(10-12-22(24)36(23)2)17-32-21-8-6-5-7-9-21/h5-13,15-16,32H,3-4,14,17-18H2,1-2H3,(H,33,38)(H2,31,34,35). The molecule has 0 radical (unpaired) electrons. The highest BCUT2D eigenvalue weighted by molar-refractivity contribution is 7.99. The number of nitrogens with one attached hydrogen (secondary N) is 2. The Balaban J connectivity index is 1.25. The molecule has 9 nitrogen and oxygen atoms in total. The van der Waals surface area contributed by atoms with Crippen molar-refractivity contribution in [2.75, 3.05) is 29.6 Å². The lowest BCUT2D eigenvalue weighted by Gasteiger charge is -2.30. The average Bonchev–Trinajstić information content (AvgIpc) is 3.27. The van der Waals surface area contributed by atoms with E-state index in [1.165, 1.54) is 16.1 Å². The van der Waals surface area contributed by atoms with E-state index in [1.807, 2.05) is 24.3 Å². The van der Waals surface area contributed by atoms with Gasteiger partial charge in [-0.2, -0.15) is 9.97 Å². The lowest BCUT2D eigenvalue weighted by molar-refractivity contribution is 0.286. The molecule has 0 aliphatic carbocycles. The largest absolute Gasteiger partial charge is 0.463 e. The number of hydrogen-bond acceptors (Lipinski definition) is 8. The zero-order chi connectivity index (χ0) is 27.6. The van der Waals surface area contributed by atoms with Crippen molar-refractivity contribution < 1.29 is 4.74 Å². The minimum absolute atomic E-state index is 0.183. The van der Waals surface area contributed by atoms with Crippen LogP contribution in [-0.2, 0) is 13.1 Å². The van der Waals surface area contributed by atoms with Gasteiger partial charge in [0.1, 0.15) is 5.52 Å². The fourth-order valence-electron chi connectivity index (χ4n) is 4.78. The monoisotopic (exact) mass is 553 g/mol. The summed E-state index contributed by atoms with van der Waals surface area (Å²) in [5, 5.41) is 3.49. The smallest absolute Gasteiger partial charge is 0.328 e. The maximum Gasteiger partial charge on any atom is 0.328 e. The number of hydrogen-bond donors (Lipinski definition) is 3. The number of aromatic nitrogens is 4. The Kier molecular flexibility index (Phi) is 7.08. The first kappa shape index (κ1) is 25.8. The SMILES string of the molecule is CCCCOc1nc(N)c2[nH]c(=O)n(Cc3ccc4c(c3)Sc3cc(CNc5ccccc5)ccc3N4C)c2n1. The van der Waals surface area contributed by atoms with E-state index in [1.54, 1.807) is 16.3 Å². The molecule has 0 saturated heterocycles. The van der Waals surface area contributed by atoms with Gasteiger partial charge in [0.15, 0.2) is 11.5 Å². The number of unbranched alkanes of at least 4 members (excludes halogenated alkanes) is 1.